The Bertz CT molecular complexity index is 416. The van der Waals surface area contributed by atoms with Gasteiger partial charge in [0.1, 0.15) is 0 Å². The highest BCUT2D eigenvalue weighted by Crippen LogP contribution is 2.32. The molecule has 0 aliphatic carbocycles. The highest BCUT2D eigenvalue weighted by molar-refractivity contribution is 5.80. The maximum atomic E-state index is 12.6. The Balaban J connectivity index is 1.48. The van der Waals surface area contributed by atoms with E-state index in [1.165, 1.54) is 0 Å². The molecule has 1 spiro atoms. The van der Waals surface area contributed by atoms with E-state index in [4.69, 9.17) is 9.47 Å². The number of hydrogen-bond donors (Lipinski definition) is 0. The lowest BCUT2D eigenvalue weighted by molar-refractivity contribution is -0.188. The topological polar surface area (TPSA) is 59.1 Å². The maximum absolute atomic E-state index is 12.6. The highest BCUT2D eigenvalue weighted by atomic mass is 16.7. The lowest BCUT2D eigenvalue weighted by atomic mass is 9.93. The van der Waals surface area contributed by atoms with Gasteiger partial charge in [-0.1, -0.05) is 6.92 Å². The second-order valence-corrected chi connectivity index (χ2v) is 6.44. The Labute approximate surface area is 131 Å². The van der Waals surface area contributed by atoms with Crippen LogP contribution in [-0.2, 0) is 19.1 Å². The second-order valence-electron chi connectivity index (χ2n) is 6.44. The number of likely N-dealkylation sites (tertiary alicyclic amines) is 2. The molecule has 3 aliphatic heterocycles. The summed E-state index contributed by atoms with van der Waals surface area (Å²) in [6.45, 7) is 6.08. The number of rotatable bonds is 2. The van der Waals surface area contributed by atoms with Crippen molar-refractivity contribution in [3.8, 4) is 0 Å². The summed E-state index contributed by atoms with van der Waals surface area (Å²) in [6.07, 6.45) is 3.67. The molecular formula is C16H26N2O4. The zero-order chi connectivity index (χ0) is 15.6. The molecular weight excluding hydrogens is 284 g/mol. The molecule has 0 N–H and O–H groups in total. The summed E-state index contributed by atoms with van der Waals surface area (Å²) in [5.41, 5.74) is 0. The number of carbonyl (C=O) groups is 2. The summed E-state index contributed by atoms with van der Waals surface area (Å²) in [5.74, 6) is 0.0893. The van der Waals surface area contributed by atoms with Crippen molar-refractivity contribution in [1.82, 2.24) is 9.80 Å². The number of piperidine rings is 2. The van der Waals surface area contributed by atoms with Gasteiger partial charge >= 0.3 is 0 Å². The highest BCUT2D eigenvalue weighted by Gasteiger charge is 2.41. The Morgan fingerprint density at radius 1 is 1.00 bits per heavy atom. The van der Waals surface area contributed by atoms with Gasteiger partial charge in [-0.15, -0.1) is 0 Å². The van der Waals surface area contributed by atoms with Crippen LogP contribution in [0, 0.1) is 5.92 Å². The molecule has 0 radical (unpaired) electrons. The van der Waals surface area contributed by atoms with E-state index in [0.29, 0.717) is 45.8 Å². The minimum Gasteiger partial charge on any atom is -0.347 e. The monoisotopic (exact) mass is 310 g/mol. The number of amides is 2. The average molecular weight is 310 g/mol. The molecule has 0 bridgehead atoms. The van der Waals surface area contributed by atoms with Crippen LogP contribution in [0.25, 0.3) is 0 Å². The van der Waals surface area contributed by atoms with Crippen molar-refractivity contribution >= 4 is 11.8 Å². The fraction of sp³-hybridized carbons (Fsp3) is 0.875. The maximum Gasteiger partial charge on any atom is 0.225 e. The zero-order valence-electron chi connectivity index (χ0n) is 13.4. The summed E-state index contributed by atoms with van der Waals surface area (Å²) in [5, 5.41) is 0. The Kier molecular flexibility index (Phi) is 4.68. The van der Waals surface area contributed by atoms with Crippen LogP contribution in [0.4, 0.5) is 0 Å². The van der Waals surface area contributed by atoms with Gasteiger partial charge in [0.05, 0.1) is 13.2 Å². The zero-order valence-corrected chi connectivity index (χ0v) is 13.4. The lowest BCUT2D eigenvalue weighted by Gasteiger charge is -2.40. The van der Waals surface area contributed by atoms with Gasteiger partial charge in [0.25, 0.3) is 0 Å². The Morgan fingerprint density at radius 2 is 1.59 bits per heavy atom. The summed E-state index contributed by atoms with van der Waals surface area (Å²) < 4.78 is 11.4. The standard InChI is InChI=1S/C16H26N2O4/c1-2-14(19)17-7-3-13(4-8-17)15(20)18-9-5-16(6-10-18)21-11-12-22-16/h13H,2-12H2,1H3. The molecule has 22 heavy (non-hydrogen) atoms. The first-order valence-corrected chi connectivity index (χ1v) is 8.48. The molecule has 3 saturated heterocycles. The first kappa shape index (κ1) is 15.7. The SMILES string of the molecule is CCC(=O)N1CCC(C(=O)N2CCC3(CC2)OCCO3)CC1. The van der Waals surface area contributed by atoms with Crippen molar-refractivity contribution < 1.29 is 19.1 Å². The van der Waals surface area contributed by atoms with E-state index in [-0.39, 0.29) is 17.7 Å². The molecule has 0 aromatic heterocycles. The van der Waals surface area contributed by atoms with Crippen LogP contribution < -0.4 is 0 Å². The number of hydrogen-bond acceptors (Lipinski definition) is 4. The molecule has 6 nitrogen and oxygen atoms in total. The smallest absolute Gasteiger partial charge is 0.225 e. The Morgan fingerprint density at radius 3 is 2.14 bits per heavy atom. The largest absolute Gasteiger partial charge is 0.347 e. The third-order valence-corrected chi connectivity index (χ3v) is 5.15. The van der Waals surface area contributed by atoms with E-state index < -0.39 is 5.79 Å². The van der Waals surface area contributed by atoms with E-state index in [1.54, 1.807) is 0 Å². The van der Waals surface area contributed by atoms with E-state index in [0.717, 1.165) is 25.7 Å². The van der Waals surface area contributed by atoms with E-state index in [1.807, 2.05) is 16.7 Å². The third-order valence-electron chi connectivity index (χ3n) is 5.15. The van der Waals surface area contributed by atoms with Crippen LogP contribution >= 0.6 is 0 Å². The summed E-state index contributed by atoms with van der Waals surface area (Å²) in [4.78, 5) is 28.2. The molecule has 124 valence electrons. The summed E-state index contributed by atoms with van der Waals surface area (Å²) in [7, 11) is 0. The summed E-state index contributed by atoms with van der Waals surface area (Å²) >= 11 is 0. The van der Waals surface area contributed by atoms with Crippen LogP contribution in [-0.4, -0.2) is 66.8 Å². The predicted molar refractivity (Wildman–Crippen MR) is 80.0 cm³/mol. The average Bonchev–Trinajstić information content (AvgIpc) is 3.02. The fourth-order valence-corrected chi connectivity index (χ4v) is 3.71. The molecule has 0 aromatic rings. The van der Waals surface area contributed by atoms with E-state index >= 15 is 0 Å². The van der Waals surface area contributed by atoms with Gasteiger partial charge in [-0.3, -0.25) is 9.59 Å². The summed E-state index contributed by atoms with van der Waals surface area (Å²) in [6, 6.07) is 0. The lowest BCUT2D eigenvalue weighted by Crippen LogP contribution is -2.50. The molecule has 3 aliphatic rings. The molecule has 0 aromatic carbocycles. The van der Waals surface area contributed by atoms with Gasteiger partial charge in [0, 0.05) is 51.4 Å². The molecule has 6 heteroatoms. The van der Waals surface area contributed by atoms with E-state index in [9.17, 15) is 9.59 Å². The molecule has 3 rings (SSSR count). The van der Waals surface area contributed by atoms with Crippen molar-refractivity contribution in [3.05, 3.63) is 0 Å². The first-order chi connectivity index (χ1) is 10.6. The first-order valence-electron chi connectivity index (χ1n) is 8.48. The molecule has 0 atom stereocenters. The predicted octanol–water partition coefficient (Wildman–Crippen LogP) is 1.00. The van der Waals surface area contributed by atoms with E-state index in [2.05, 4.69) is 0 Å². The number of ether oxygens (including phenoxy) is 2. The third kappa shape index (κ3) is 3.13. The van der Waals surface area contributed by atoms with Gasteiger partial charge in [-0.2, -0.15) is 0 Å². The number of nitrogens with zero attached hydrogens (tertiary/aromatic N) is 2. The van der Waals surface area contributed by atoms with Gasteiger partial charge in [-0.25, -0.2) is 0 Å². The fourth-order valence-electron chi connectivity index (χ4n) is 3.71. The molecule has 3 heterocycles. The minimum atomic E-state index is -0.423. The van der Waals surface area contributed by atoms with Crippen LogP contribution in [0.15, 0.2) is 0 Å². The normalized spacial score (nSPS) is 25.7. The van der Waals surface area contributed by atoms with Gasteiger partial charge in [0.2, 0.25) is 11.8 Å². The van der Waals surface area contributed by atoms with Crippen molar-refractivity contribution in [2.75, 3.05) is 39.4 Å². The van der Waals surface area contributed by atoms with Crippen LogP contribution in [0.2, 0.25) is 0 Å². The van der Waals surface area contributed by atoms with Crippen molar-refractivity contribution in [2.45, 2.75) is 44.8 Å². The van der Waals surface area contributed by atoms with Gasteiger partial charge < -0.3 is 19.3 Å². The molecule has 3 fully saturated rings. The second kappa shape index (κ2) is 6.54. The number of carbonyl (C=O) groups excluding carboxylic acids is 2. The van der Waals surface area contributed by atoms with Crippen molar-refractivity contribution in [3.63, 3.8) is 0 Å². The molecule has 2 amide bonds. The van der Waals surface area contributed by atoms with Crippen LogP contribution in [0.3, 0.4) is 0 Å². The van der Waals surface area contributed by atoms with Crippen molar-refractivity contribution in [1.29, 1.82) is 0 Å². The molecule has 0 unspecified atom stereocenters. The van der Waals surface area contributed by atoms with Gasteiger partial charge in [-0.05, 0) is 12.8 Å². The van der Waals surface area contributed by atoms with Crippen molar-refractivity contribution in [2.24, 2.45) is 5.92 Å². The minimum absolute atomic E-state index is 0.0698. The Hall–Kier alpha value is -1.14. The van der Waals surface area contributed by atoms with Crippen LogP contribution in [0.1, 0.15) is 39.0 Å². The quantitative estimate of drug-likeness (QED) is 0.763. The molecule has 0 saturated carbocycles. The van der Waals surface area contributed by atoms with Gasteiger partial charge in [0.15, 0.2) is 5.79 Å². The van der Waals surface area contributed by atoms with Crippen LogP contribution in [0.5, 0.6) is 0 Å².